The first-order chi connectivity index (χ1) is 5.29. The van der Waals surface area contributed by atoms with E-state index >= 15 is 0 Å². The second kappa shape index (κ2) is 2.02. The number of nitrogens with zero attached hydrogens (tertiary/aromatic N) is 4. The van der Waals surface area contributed by atoms with Crippen molar-refractivity contribution in [3.63, 3.8) is 0 Å². The average molecular weight is 148 g/mol. The highest BCUT2D eigenvalue weighted by atomic mass is 15.3. The number of rotatable bonds is 0. The van der Waals surface area contributed by atoms with Gasteiger partial charge in [0.25, 0.3) is 0 Å². The fourth-order valence-electron chi connectivity index (χ4n) is 1.05. The van der Waals surface area contributed by atoms with Gasteiger partial charge in [0.2, 0.25) is 0 Å². The Morgan fingerprint density at radius 1 is 1.45 bits per heavy atom. The van der Waals surface area contributed by atoms with Crippen molar-refractivity contribution in [3.8, 4) is 0 Å². The standard InChI is InChI=1S/C7H8N4/c1-5-6-3-8-4-9-7(6)10-11(5)2/h3-4H,1-2H3. The number of aromatic nitrogens is 4. The fraction of sp³-hybridized carbons (Fsp3) is 0.286. The van der Waals surface area contributed by atoms with E-state index in [9.17, 15) is 0 Å². The topological polar surface area (TPSA) is 43.6 Å². The predicted octanol–water partition coefficient (Wildman–Crippen LogP) is 0.672. The third kappa shape index (κ3) is 0.790. The summed E-state index contributed by atoms with van der Waals surface area (Å²) < 4.78 is 1.80. The predicted molar refractivity (Wildman–Crippen MR) is 41.0 cm³/mol. The van der Waals surface area contributed by atoms with Crippen LogP contribution in [0.15, 0.2) is 12.5 Å². The van der Waals surface area contributed by atoms with E-state index in [0.29, 0.717) is 0 Å². The second-order valence-electron chi connectivity index (χ2n) is 2.47. The summed E-state index contributed by atoms with van der Waals surface area (Å²) in [5.74, 6) is 0. The Hall–Kier alpha value is -1.45. The van der Waals surface area contributed by atoms with Crippen molar-refractivity contribution < 1.29 is 0 Å². The minimum atomic E-state index is 0.764. The minimum absolute atomic E-state index is 0.764. The molecule has 2 aromatic rings. The van der Waals surface area contributed by atoms with E-state index in [2.05, 4.69) is 15.1 Å². The molecule has 0 aliphatic heterocycles. The van der Waals surface area contributed by atoms with Crippen LogP contribution in [-0.2, 0) is 7.05 Å². The molecule has 0 saturated carbocycles. The van der Waals surface area contributed by atoms with E-state index in [1.165, 1.54) is 6.33 Å². The molecule has 2 rings (SSSR count). The maximum absolute atomic E-state index is 4.18. The quantitative estimate of drug-likeness (QED) is 0.551. The monoisotopic (exact) mass is 148 g/mol. The van der Waals surface area contributed by atoms with Crippen molar-refractivity contribution in [3.05, 3.63) is 18.2 Å². The number of fused-ring (bicyclic) bond motifs is 1. The van der Waals surface area contributed by atoms with E-state index in [1.807, 2.05) is 14.0 Å². The molecular formula is C7H8N4. The highest BCUT2D eigenvalue weighted by molar-refractivity contribution is 5.76. The summed E-state index contributed by atoms with van der Waals surface area (Å²) in [5, 5.41) is 5.20. The minimum Gasteiger partial charge on any atom is -0.270 e. The lowest BCUT2D eigenvalue weighted by molar-refractivity contribution is 0.748. The van der Waals surface area contributed by atoms with Gasteiger partial charge in [-0.05, 0) is 6.92 Å². The van der Waals surface area contributed by atoms with Gasteiger partial charge in [0.15, 0.2) is 5.65 Å². The van der Waals surface area contributed by atoms with Gasteiger partial charge in [0.05, 0.1) is 5.39 Å². The smallest absolute Gasteiger partial charge is 0.184 e. The molecule has 0 N–H and O–H groups in total. The molecule has 0 aromatic carbocycles. The first kappa shape index (κ1) is 6.27. The Labute approximate surface area is 63.9 Å². The Balaban J connectivity index is 2.92. The van der Waals surface area contributed by atoms with Gasteiger partial charge in [0, 0.05) is 18.9 Å². The van der Waals surface area contributed by atoms with Gasteiger partial charge in [-0.2, -0.15) is 5.10 Å². The van der Waals surface area contributed by atoms with Gasteiger partial charge in [-0.25, -0.2) is 9.97 Å². The Bertz CT molecular complexity index is 390. The van der Waals surface area contributed by atoms with Crippen LogP contribution in [0.2, 0.25) is 0 Å². The van der Waals surface area contributed by atoms with Crippen LogP contribution in [0.25, 0.3) is 11.0 Å². The summed E-state index contributed by atoms with van der Waals surface area (Å²) in [6.45, 7) is 2.00. The van der Waals surface area contributed by atoms with Gasteiger partial charge in [-0.3, -0.25) is 4.68 Å². The van der Waals surface area contributed by atoms with E-state index in [-0.39, 0.29) is 0 Å². The van der Waals surface area contributed by atoms with Crippen LogP contribution in [0.4, 0.5) is 0 Å². The van der Waals surface area contributed by atoms with Gasteiger partial charge >= 0.3 is 0 Å². The van der Waals surface area contributed by atoms with Crippen LogP contribution < -0.4 is 0 Å². The van der Waals surface area contributed by atoms with E-state index in [1.54, 1.807) is 10.9 Å². The third-order valence-electron chi connectivity index (χ3n) is 1.81. The molecule has 11 heavy (non-hydrogen) atoms. The van der Waals surface area contributed by atoms with Crippen LogP contribution >= 0.6 is 0 Å². The lowest BCUT2D eigenvalue weighted by atomic mass is 10.3. The van der Waals surface area contributed by atoms with Crippen LogP contribution in [0, 0.1) is 6.92 Å². The second-order valence-corrected chi connectivity index (χ2v) is 2.47. The maximum Gasteiger partial charge on any atom is 0.184 e. The van der Waals surface area contributed by atoms with Crippen LogP contribution in [0.1, 0.15) is 5.69 Å². The van der Waals surface area contributed by atoms with Crippen molar-refractivity contribution in [2.45, 2.75) is 6.92 Å². The molecule has 2 heterocycles. The lowest BCUT2D eigenvalue weighted by Crippen LogP contribution is -1.91. The summed E-state index contributed by atoms with van der Waals surface area (Å²) in [5.41, 5.74) is 1.86. The fourth-order valence-corrected chi connectivity index (χ4v) is 1.05. The van der Waals surface area contributed by atoms with E-state index in [4.69, 9.17) is 0 Å². The van der Waals surface area contributed by atoms with Gasteiger partial charge in [0.1, 0.15) is 6.33 Å². The van der Waals surface area contributed by atoms with Crippen molar-refractivity contribution in [2.24, 2.45) is 7.05 Å². The molecule has 4 heteroatoms. The Kier molecular flexibility index (Phi) is 1.15. The maximum atomic E-state index is 4.18. The van der Waals surface area contributed by atoms with Gasteiger partial charge in [-0.15, -0.1) is 0 Å². The molecular weight excluding hydrogens is 140 g/mol. The molecule has 0 aliphatic carbocycles. The zero-order valence-corrected chi connectivity index (χ0v) is 6.44. The highest BCUT2D eigenvalue weighted by Gasteiger charge is 2.03. The molecule has 0 bridgehead atoms. The van der Waals surface area contributed by atoms with Crippen LogP contribution in [0.3, 0.4) is 0 Å². The Morgan fingerprint density at radius 3 is 3.00 bits per heavy atom. The normalized spacial score (nSPS) is 10.7. The molecule has 0 amide bonds. The van der Waals surface area contributed by atoms with Crippen molar-refractivity contribution in [1.82, 2.24) is 19.7 Å². The summed E-state index contributed by atoms with van der Waals surface area (Å²) in [7, 11) is 1.90. The molecule has 4 nitrogen and oxygen atoms in total. The summed E-state index contributed by atoms with van der Waals surface area (Å²) in [4.78, 5) is 7.94. The first-order valence-corrected chi connectivity index (χ1v) is 3.38. The molecule has 0 spiro atoms. The SMILES string of the molecule is Cc1c2cncnc2nn1C. The molecule has 0 radical (unpaired) electrons. The van der Waals surface area contributed by atoms with Crippen molar-refractivity contribution >= 4 is 11.0 Å². The van der Waals surface area contributed by atoms with Crippen molar-refractivity contribution in [2.75, 3.05) is 0 Å². The molecule has 2 aromatic heterocycles. The lowest BCUT2D eigenvalue weighted by Gasteiger charge is -1.89. The third-order valence-corrected chi connectivity index (χ3v) is 1.81. The summed E-state index contributed by atoms with van der Waals surface area (Å²) >= 11 is 0. The van der Waals surface area contributed by atoms with Gasteiger partial charge in [-0.1, -0.05) is 0 Å². The summed E-state index contributed by atoms with van der Waals surface area (Å²) in [6, 6.07) is 0. The average Bonchev–Trinajstić information content (AvgIpc) is 2.30. The van der Waals surface area contributed by atoms with Crippen molar-refractivity contribution in [1.29, 1.82) is 0 Å². The largest absolute Gasteiger partial charge is 0.270 e. The summed E-state index contributed by atoms with van der Waals surface area (Å²) in [6.07, 6.45) is 3.29. The molecule has 0 atom stereocenters. The number of hydrogen-bond donors (Lipinski definition) is 0. The first-order valence-electron chi connectivity index (χ1n) is 3.38. The zero-order chi connectivity index (χ0) is 7.84. The Morgan fingerprint density at radius 2 is 2.27 bits per heavy atom. The van der Waals surface area contributed by atoms with Crippen LogP contribution in [0.5, 0.6) is 0 Å². The zero-order valence-electron chi connectivity index (χ0n) is 6.44. The molecule has 0 unspecified atom stereocenters. The molecule has 0 saturated heterocycles. The molecule has 56 valence electrons. The number of hydrogen-bond acceptors (Lipinski definition) is 3. The van der Waals surface area contributed by atoms with E-state index in [0.717, 1.165) is 16.7 Å². The van der Waals surface area contributed by atoms with Gasteiger partial charge < -0.3 is 0 Å². The number of aryl methyl sites for hydroxylation is 2. The van der Waals surface area contributed by atoms with E-state index < -0.39 is 0 Å². The highest BCUT2D eigenvalue weighted by Crippen LogP contribution is 2.11. The molecule has 0 aliphatic rings. The van der Waals surface area contributed by atoms with Crippen LogP contribution in [-0.4, -0.2) is 19.7 Å². The molecule has 0 fully saturated rings.